The molecule has 0 spiro atoms. The molecule has 0 bridgehead atoms. The number of H-pyrrole nitrogens is 1. The first-order chi connectivity index (χ1) is 10.4. The van der Waals surface area contributed by atoms with E-state index >= 15 is 0 Å². The molecule has 1 N–H and O–H groups in total. The first-order valence-corrected chi connectivity index (χ1v) is 6.50. The lowest BCUT2D eigenvalue weighted by molar-refractivity contribution is 0.310. The lowest BCUT2D eigenvalue weighted by Gasteiger charge is -2.18. The standard InChI is InChI=1S/C15H19FN2O/c1-18-5-3-4-11(18)6-10-9-17-14-8-13(16)15(19-2)7-12(10)14/h7-9,11,17H,3-6H2,1-2H3/t11-/m1/s1/i1D3. The minimum absolute atomic E-state index is 0.0115. The van der Waals surface area contributed by atoms with E-state index in [4.69, 9.17) is 8.85 Å². The second kappa shape index (κ2) is 4.85. The van der Waals surface area contributed by atoms with Gasteiger partial charge in [-0.2, -0.15) is 0 Å². The van der Waals surface area contributed by atoms with Crippen LogP contribution in [0, 0.1) is 5.82 Å². The van der Waals surface area contributed by atoms with E-state index in [1.54, 1.807) is 11.0 Å². The number of halogens is 1. The maximum Gasteiger partial charge on any atom is 0.167 e. The van der Waals surface area contributed by atoms with Crippen molar-refractivity contribution in [1.82, 2.24) is 9.88 Å². The van der Waals surface area contributed by atoms with Crippen molar-refractivity contribution in [2.75, 3.05) is 20.6 Å². The van der Waals surface area contributed by atoms with E-state index in [0.29, 0.717) is 18.5 Å². The molecular weight excluding hydrogens is 243 g/mol. The molecule has 0 unspecified atom stereocenters. The number of methoxy groups -OCH3 is 1. The van der Waals surface area contributed by atoms with Crippen LogP contribution in [-0.2, 0) is 6.42 Å². The molecule has 0 aliphatic carbocycles. The maximum absolute atomic E-state index is 13.7. The van der Waals surface area contributed by atoms with Crippen LogP contribution in [-0.4, -0.2) is 36.6 Å². The van der Waals surface area contributed by atoms with Crippen LogP contribution >= 0.6 is 0 Å². The van der Waals surface area contributed by atoms with Crippen LogP contribution in [0.15, 0.2) is 18.3 Å². The van der Waals surface area contributed by atoms with Crippen molar-refractivity contribution in [3.05, 3.63) is 29.7 Å². The molecule has 1 aliphatic heterocycles. The molecule has 2 aromatic rings. The first kappa shape index (κ1) is 9.37. The van der Waals surface area contributed by atoms with Gasteiger partial charge in [0, 0.05) is 33.3 Å². The van der Waals surface area contributed by atoms with Crippen molar-refractivity contribution in [1.29, 1.82) is 0 Å². The Labute approximate surface area is 116 Å². The van der Waals surface area contributed by atoms with Gasteiger partial charge >= 0.3 is 0 Å². The van der Waals surface area contributed by atoms with Crippen molar-refractivity contribution in [3.8, 4) is 5.75 Å². The summed E-state index contributed by atoms with van der Waals surface area (Å²) < 4.78 is 41.6. The second-order valence-corrected chi connectivity index (χ2v) is 5.04. The Morgan fingerprint density at radius 2 is 2.47 bits per heavy atom. The van der Waals surface area contributed by atoms with E-state index in [0.717, 1.165) is 23.8 Å². The van der Waals surface area contributed by atoms with E-state index in [1.165, 1.54) is 13.2 Å². The van der Waals surface area contributed by atoms with Crippen LogP contribution in [0.3, 0.4) is 0 Å². The third-order valence-electron chi connectivity index (χ3n) is 3.87. The molecule has 0 radical (unpaired) electrons. The van der Waals surface area contributed by atoms with Gasteiger partial charge in [-0.3, -0.25) is 0 Å². The van der Waals surface area contributed by atoms with Crippen LogP contribution in [0.25, 0.3) is 10.9 Å². The average Bonchev–Trinajstić information content (AvgIpc) is 3.05. The van der Waals surface area contributed by atoms with Gasteiger partial charge in [0.1, 0.15) is 0 Å². The van der Waals surface area contributed by atoms with Gasteiger partial charge in [-0.05, 0) is 44.4 Å². The number of hydrogen-bond donors (Lipinski definition) is 1. The highest BCUT2D eigenvalue weighted by Crippen LogP contribution is 2.29. The smallest absolute Gasteiger partial charge is 0.167 e. The number of aromatic nitrogens is 1. The predicted octanol–water partition coefficient (Wildman–Crippen LogP) is 2.95. The topological polar surface area (TPSA) is 28.3 Å². The Morgan fingerprint density at radius 1 is 1.58 bits per heavy atom. The van der Waals surface area contributed by atoms with E-state index in [9.17, 15) is 4.39 Å². The normalized spacial score (nSPS) is 23.3. The zero-order chi connectivity index (χ0) is 15.9. The first-order valence-electron chi connectivity index (χ1n) is 8.00. The van der Waals surface area contributed by atoms with Crippen LogP contribution in [0.1, 0.15) is 22.5 Å². The number of benzene rings is 1. The fourth-order valence-electron chi connectivity index (χ4n) is 2.81. The molecule has 2 heterocycles. The highest BCUT2D eigenvalue weighted by atomic mass is 19.1. The molecule has 3 nitrogen and oxygen atoms in total. The molecule has 0 amide bonds. The quantitative estimate of drug-likeness (QED) is 0.924. The number of likely N-dealkylation sites (tertiary alicyclic amines) is 1. The van der Waals surface area contributed by atoms with Gasteiger partial charge in [-0.25, -0.2) is 4.39 Å². The fraction of sp³-hybridized carbons (Fsp3) is 0.467. The molecular formula is C15H19FN2O. The van der Waals surface area contributed by atoms with Gasteiger partial charge < -0.3 is 14.6 Å². The largest absolute Gasteiger partial charge is 0.494 e. The molecule has 1 fully saturated rings. The molecule has 1 aromatic heterocycles. The minimum atomic E-state index is -2.06. The molecule has 19 heavy (non-hydrogen) atoms. The zero-order valence-corrected chi connectivity index (χ0v) is 10.9. The molecule has 1 aromatic carbocycles. The number of nitrogens with zero attached hydrogens (tertiary/aromatic N) is 1. The van der Waals surface area contributed by atoms with Crippen molar-refractivity contribution in [2.24, 2.45) is 0 Å². The van der Waals surface area contributed by atoms with Crippen LogP contribution in [0.5, 0.6) is 5.75 Å². The van der Waals surface area contributed by atoms with Crippen LogP contribution in [0.4, 0.5) is 4.39 Å². The Balaban J connectivity index is 1.91. The van der Waals surface area contributed by atoms with Crippen molar-refractivity contribution in [2.45, 2.75) is 25.3 Å². The van der Waals surface area contributed by atoms with E-state index in [1.807, 2.05) is 6.20 Å². The number of rotatable bonds is 3. The van der Waals surface area contributed by atoms with E-state index in [2.05, 4.69) is 4.98 Å². The second-order valence-electron chi connectivity index (χ2n) is 5.04. The van der Waals surface area contributed by atoms with Crippen molar-refractivity contribution >= 4 is 10.9 Å². The Hall–Kier alpha value is -1.55. The van der Waals surface area contributed by atoms with Crippen LogP contribution < -0.4 is 4.74 Å². The van der Waals surface area contributed by atoms with Crippen LogP contribution in [0.2, 0.25) is 0 Å². The predicted molar refractivity (Wildman–Crippen MR) is 74.2 cm³/mol. The van der Waals surface area contributed by atoms with Gasteiger partial charge in [-0.15, -0.1) is 0 Å². The summed E-state index contributed by atoms with van der Waals surface area (Å²) in [6.07, 6.45) is 4.22. The molecule has 0 saturated carbocycles. The number of nitrogens with one attached hydrogen (secondary N) is 1. The van der Waals surface area contributed by atoms with Gasteiger partial charge in [-0.1, -0.05) is 0 Å². The van der Waals surface area contributed by atoms with Gasteiger partial charge in [0.25, 0.3) is 0 Å². The number of ether oxygens (including phenoxy) is 1. The van der Waals surface area contributed by atoms with Crippen molar-refractivity contribution < 1.29 is 13.2 Å². The molecule has 1 saturated heterocycles. The number of hydrogen-bond acceptors (Lipinski definition) is 2. The fourth-order valence-corrected chi connectivity index (χ4v) is 2.81. The summed E-state index contributed by atoms with van der Waals surface area (Å²) >= 11 is 0. The molecule has 3 rings (SSSR count). The third kappa shape index (κ3) is 2.21. The Bertz CT molecular complexity index is 683. The molecule has 102 valence electrons. The number of fused-ring (bicyclic) bond motifs is 1. The summed E-state index contributed by atoms with van der Waals surface area (Å²) in [5, 5.41) is 0.885. The summed E-state index contributed by atoms with van der Waals surface area (Å²) in [6, 6.07) is 3.07. The van der Waals surface area contributed by atoms with E-state index < -0.39 is 12.8 Å². The summed E-state index contributed by atoms with van der Waals surface area (Å²) in [5.41, 5.74) is 1.70. The Morgan fingerprint density at radius 3 is 3.26 bits per heavy atom. The molecule has 1 atom stereocenters. The SMILES string of the molecule is [2H]C([2H])([2H])N1CCC[C@@H]1Cc1c[nH]c2cc(F)c(OC)cc12. The maximum atomic E-state index is 13.7. The lowest BCUT2D eigenvalue weighted by atomic mass is 10.0. The van der Waals surface area contributed by atoms with Gasteiger partial charge in [0.15, 0.2) is 11.6 Å². The number of likely N-dealkylation sites (N-methyl/N-ethyl adjacent to an activating group) is 1. The highest BCUT2D eigenvalue weighted by Gasteiger charge is 2.22. The zero-order valence-electron chi connectivity index (χ0n) is 13.9. The van der Waals surface area contributed by atoms with Gasteiger partial charge in [0.05, 0.1) is 7.11 Å². The third-order valence-corrected chi connectivity index (χ3v) is 3.87. The lowest BCUT2D eigenvalue weighted by Crippen LogP contribution is -2.26. The van der Waals surface area contributed by atoms with E-state index in [-0.39, 0.29) is 11.8 Å². The highest BCUT2D eigenvalue weighted by molar-refractivity contribution is 5.84. The van der Waals surface area contributed by atoms with Crippen molar-refractivity contribution in [3.63, 3.8) is 0 Å². The summed E-state index contributed by atoms with van der Waals surface area (Å²) in [7, 11) is 1.43. The molecule has 4 heteroatoms. The summed E-state index contributed by atoms with van der Waals surface area (Å²) in [6.45, 7) is -1.46. The average molecular weight is 265 g/mol. The van der Waals surface area contributed by atoms with Gasteiger partial charge in [0.2, 0.25) is 0 Å². The summed E-state index contributed by atoms with van der Waals surface area (Å²) in [4.78, 5) is 4.64. The minimum Gasteiger partial charge on any atom is -0.494 e. The monoisotopic (exact) mass is 265 g/mol. The summed E-state index contributed by atoms with van der Waals surface area (Å²) in [5.74, 6) is -0.208. The molecule has 1 aliphatic rings. The Kier molecular flexibility index (Phi) is 2.39. The number of aromatic amines is 1.